The molecule has 168 valence electrons. The topological polar surface area (TPSA) is 88.0 Å². The van der Waals surface area contributed by atoms with Crippen LogP contribution in [0.1, 0.15) is 43.4 Å². The molecule has 4 rings (SSSR count). The van der Waals surface area contributed by atoms with Crippen molar-refractivity contribution in [3.63, 3.8) is 0 Å². The lowest BCUT2D eigenvalue weighted by molar-refractivity contribution is -0.142. The molecule has 6 nitrogen and oxygen atoms in total. The Morgan fingerprint density at radius 2 is 2.00 bits per heavy atom. The molecule has 2 aromatic carbocycles. The molecule has 0 radical (unpaired) electrons. The molecule has 0 aliphatic carbocycles. The minimum absolute atomic E-state index is 0.0163. The van der Waals surface area contributed by atoms with Crippen molar-refractivity contribution in [3.05, 3.63) is 77.4 Å². The lowest BCUT2D eigenvalue weighted by Crippen LogP contribution is -2.52. The fraction of sp³-hybridized carbons (Fsp3) is 0.346. The van der Waals surface area contributed by atoms with Crippen LogP contribution in [0.4, 0.5) is 5.69 Å². The average molecular weight is 436 g/mol. The van der Waals surface area contributed by atoms with E-state index in [0.29, 0.717) is 16.8 Å². The molecular weight excluding hydrogens is 406 g/mol. The third kappa shape index (κ3) is 3.64. The highest BCUT2D eigenvalue weighted by atomic mass is 16.5. The Labute approximate surface area is 188 Å². The van der Waals surface area contributed by atoms with E-state index in [1.165, 1.54) is 7.11 Å². The molecule has 3 N–H and O–H groups in total. The van der Waals surface area contributed by atoms with Crippen LogP contribution in [0.25, 0.3) is 6.08 Å². The first-order chi connectivity index (χ1) is 15.2. The fourth-order valence-corrected chi connectivity index (χ4v) is 4.61. The van der Waals surface area contributed by atoms with Crippen molar-refractivity contribution in [2.24, 2.45) is 0 Å². The number of aliphatic hydroxyl groups is 1. The molecule has 1 amide bonds. The van der Waals surface area contributed by atoms with Gasteiger partial charge in [-0.3, -0.25) is 4.79 Å². The number of aromatic hydroxyl groups is 1. The second kappa shape index (κ2) is 8.20. The zero-order valence-electron chi connectivity index (χ0n) is 18.6. The average Bonchev–Trinajstić information content (AvgIpc) is 3.16. The summed E-state index contributed by atoms with van der Waals surface area (Å²) < 4.78 is 11.5. The van der Waals surface area contributed by atoms with Gasteiger partial charge in [-0.15, -0.1) is 0 Å². The molecule has 4 atom stereocenters. The van der Waals surface area contributed by atoms with E-state index >= 15 is 0 Å². The van der Waals surface area contributed by atoms with E-state index in [1.54, 1.807) is 42.5 Å². The van der Waals surface area contributed by atoms with Crippen LogP contribution in [0.2, 0.25) is 0 Å². The fourth-order valence-electron chi connectivity index (χ4n) is 4.61. The van der Waals surface area contributed by atoms with Gasteiger partial charge in [-0.25, -0.2) is 0 Å². The number of rotatable bonds is 5. The van der Waals surface area contributed by atoms with Crippen molar-refractivity contribution in [1.29, 1.82) is 0 Å². The summed E-state index contributed by atoms with van der Waals surface area (Å²) >= 11 is 0. The summed E-state index contributed by atoms with van der Waals surface area (Å²) in [6.07, 6.45) is 4.23. The van der Waals surface area contributed by atoms with Crippen molar-refractivity contribution in [1.82, 2.24) is 0 Å². The summed E-state index contributed by atoms with van der Waals surface area (Å²) in [5.41, 5.74) is 0.158. The standard InChI is InChI=1S/C26H29NO5/c1-16(2)20-13-15-25(3,32-20)14-12-17-10-11-19-21(22(17)28)26(30,18-8-6-5-7-9-18)23(31-4)24(29)27-19/h5-12,14,20,23,28,30H,1,13,15H2,2-4H3,(H,27,29)/b14-12+/t20-,23?,25+,26?/m1/s1. The van der Waals surface area contributed by atoms with Gasteiger partial charge in [0.05, 0.1) is 23.0 Å². The Morgan fingerprint density at radius 1 is 1.28 bits per heavy atom. The molecule has 0 saturated carbocycles. The third-order valence-electron chi connectivity index (χ3n) is 6.39. The molecule has 2 aliphatic heterocycles. The molecule has 2 heterocycles. The van der Waals surface area contributed by atoms with Crippen LogP contribution in [0, 0.1) is 0 Å². The van der Waals surface area contributed by atoms with Crippen molar-refractivity contribution < 1.29 is 24.5 Å². The number of phenols is 1. The first kappa shape index (κ1) is 22.3. The number of nitrogens with one attached hydrogen (secondary N) is 1. The summed E-state index contributed by atoms with van der Waals surface area (Å²) in [6, 6.07) is 12.2. The number of fused-ring (bicyclic) bond motifs is 1. The summed E-state index contributed by atoms with van der Waals surface area (Å²) in [7, 11) is 1.36. The highest BCUT2D eigenvalue weighted by molar-refractivity contribution is 6.00. The normalized spacial score (nSPS) is 29.7. The molecule has 1 saturated heterocycles. The largest absolute Gasteiger partial charge is 0.507 e. The number of hydrogen-bond acceptors (Lipinski definition) is 5. The molecule has 0 bridgehead atoms. The van der Waals surface area contributed by atoms with Crippen LogP contribution in [0.5, 0.6) is 5.75 Å². The molecule has 2 aromatic rings. The van der Waals surface area contributed by atoms with Crippen molar-refractivity contribution in [3.8, 4) is 5.75 Å². The number of methoxy groups -OCH3 is 1. The van der Waals surface area contributed by atoms with Gasteiger partial charge >= 0.3 is 0 Å². The summed E-state index contributed by atoms with van der Waals surface area (Å²) in [4.78, 5) is 12.7. The van der Waals surface area contributed by atoms with E-state index in [4.69, 9.17) is 9.47 Å². The molecular formula is C26H29NO5. The smallest absolute Gasteiger partial charge is 0.257 e. The van der Waals surface area contributed by atoms with Gasteiger partial charge in [0.1, 0.15) is 5.75 Å². The van der Waals surface area contributed by atoms with Crippen LogP contribution in [0.3, 0.4) is 0 Å². The number of ether oxygens (including phenoxy) is 2. The molecule has 1 fully saturated rings. The predicted octanol–water partition coefficient (Wildman–Crippen LogP) is 4.12. The number of amides is 1. The molecule has 0 aromatic heterocycles. The lowest BCUT2D eigenvalue weighted by atomic mass is 9.76. The third-order valence-corrected chi connectivity index (χ3v) is 6.39. The van der Waals surface area contributed by atoms with Crippen LogP contribution in [0.15, 0.2) is 60.7 Å². The van der Waals surface area contributed by atoms with Gasteiger partial charge < -0.3 is 25.0 Å². The second-order valence-electron chi connectivity index (χ2n) is 8.80. The predicted molar refractivity (Wildman–Crippen MR) is 123 cm³/mol. The molecule has 0 spiro atoms. The Balaban J connectivity index is 1.79. The van der Waals surface area contributed by atoms with Gasteiger partial charge in [0.2, 0.25) is 0 Å². The Bertz CT molecular complexity index is 1080. The quantitative estimate of drug-likeness (QED) is 0.615. The monoisotopic (exact) mass is 435 g/mol. The van der Waals surface area contributed by atoms with E-state index < -0.39 is 23.2 Å². The maximum absolute atomic E-state index is 12.7. The molecule has 2 unspecified atom stereocenters. The number of carbonyl (C=O) groups is 1. The van der Waals surface area contributed by atoms with Crippen LogP contribution >= 0.6 is 0 Å². The number of hydrogen-bond donors (Lipinski definition) is 3. The zero-order valence-corrected chi connectivity index (χ0v) is 18.6. The number of phenolic OH excluding ortho intramolecular Hbond substituents is 1. The second-order valence-corrected chi connectivity index (χ2v) is 8.80. The number of anilines is 1. The Morgan fingerprint density at radius 3 is 2.62 bits per heavy atom. The number of carbonyl (C=O) groups excluding carboxylic acids is 1. The van der Waals surface area contributed by atoms with Gasteiger partial charge in [-0.2, -0.15) is 0 Å². The van der Waals surface area contributed by atoms with Crippen LogP contribution in [-0.4, -0.2) is 41.0 Å². The molecule has 6 heteroatoms. The molecule has 32 heavy (non-hydrogen) atoms. The van der Waals surface area contributed by atoms with E-state index in [9.17, 15) is 15.0 Å². The lowest BCUT2D eigenvalue weighted by Gasteiger charge is -2.40. The van der Waals surface area contributed by atoms with E-state index in [1.807, 2.05) is 26.0 Å². The van der Waals surface area contributed by atoms with Crippen LogP contribution < -0.4 is 5.32 Å². The first-order valence-corrected chi connectivity index (χ1v) is 10.7. The number of benzene rings is 2. The van der Waals surface area contributed by atoms with Crippen molar-refractivity contribution >= 4 is 17.7 Å². The van der Waals surface area contributed by atoms with Gasteiger partial charge in [0, 0.05) is 12.7 Å². The molecule has 2 aliphatic rings. The Hall–Kier alpha value is -2.93. The van der Waals surface area contributed by atoms with E-state index in [0.717, 1.165) is 18.4 Å². The maximum atomic E-state index is 12.7. The minimum atomic E-state index is -1.86. The van der Waals surface area contributed by atoms with Crippen LogP contribution in [-0.2, 0) is 19.9 Å². The maximum Gasteiger partial charge on any atom is 0.257 e. The Kier molecular flexibility index (Phi) is 5.71. The summed E-state index contributed by atoms with van der Waals surface area (Å²) in [5, 5.41) is 25.8. The first-order valence-electron chi connectivity index (χ1n) is 10.7. The van der Waals surface area contributed by atoms with Gasteiger partial charge in [-0.05, 0) is 44.4 Å². The SMILES string of the molecule is C=C(C)[C@H]1CC[C@](C)(/C=C/c2ccc3c(c2O)C(O)(c2ccccc2)C(OC)C(=O)N3)O1. The van der Waals surface area contributed by atoms with E-state index in [2.05, 4.69) is 11.9 Å². The summed E-state index contributed by atoms with van der Waals surface area (Å²) in [6.45, 7) is 7.95. The van der Waals surface area contributed by atoms with Gasteiger partial charge in [-0.1, -0.05) is 54.6 Å². The zero-order chi connectivity index (χ0) is 23.1. The summed E-state index contributed by atoms with van der Waals surface area (Å²) in [5.74, 6) is -0.600. The van der Waals surface area contributed by atoms with E-state index in [-0.39, 0.29) is 17.4 Å². The van der Waals surface area contributed by atoms with Gasteiger partial charge in [0.25, 0.3) is 5.91 Å². The van der Waals surface area contributed by atoms with Crippen molar-refractivity contribution in [2.75, 3.05) is 12.4 Å². The highest BCUT2D eigenvalue weighted by Gasteiger charge is 2.51. The highest BCUT2D eigenvalue weighted by Crippen LogP contribution is 2.48. The minimum Gasteiger partial charge on any atom is -0.507 e. The van der Waals surface area contributed by atoms with Crippen molar-refractivity contribution in [2.45, 2.75) is 50.1 Å². The van der Waals surface area contributed by atoms with Gasteiger partial charge in [0.15, 0.2) is 11.7 Å².